The Kier molecular flexibility index (Phi) is 7.64. The summed E-state index contributed by atoms with van der Waals surface area (Å²) in [6, 6.07) is 15.0. The van der Waals surface area contributed by atoms with Crippen LogP contribution < -0.4 is 5.32 Å². The molecule has 2 aromatic heterocycles. The molecule has 0 unspecified atom stereocenters. The van der Waals surface area contributed by atoms with Gasteiger partial charge in [0.25, 0.3) is 0 Å². The van der Waals surface area contributed by atoms with Crippen LogP contribution in [0.3, 0.4) is 0 Å². The summed E-state index contributed by atoms with van der Waals surface area (Å²) in [6.45, 7) is 11.4. The van der Waals surface area contributed by atoms with E-state index in [0.717, 1.165) is 80.7 Å². The summed E-state index contributed by atoms with van der Waals surface area (Å²) in [4.78, 5) is 22.4. The van der Waals surface area contributed by atoms with E-state index in [9.17, 15) is 4.79 Å². The quantitative estimate of drug-likeness (QED) is 0.421. The van der Waals surface area contributed by atoms with Gasteiger partial charge in [-0.1, -0.05) is 18.2 Å². The molecule has 0 saturated carbocycles. The van der Waals surface area contributed by atoms with Crippen molar-refractivity contribution in [3.8, 4) is 5.69 Å². The second-order valence-electron chi connectivity index (χ2n) is 12.2. The maximum Gasteiger partial charge on any atom is 0.306 e. The zero-order valence-electron chi connectivity index (χ0n) is 24.2. The third-order valence-electron chi connectivity index (χ3n) is 9.09. The van der Waals surface area contributed by atoms with Crippen molar-refractivity contribution in [2.75, 3.05) is 51.7 Å². The van der Waals surface area contributed by atoms with Crippen LogP contribution in [0, 0.1) is 19.3 Å². The summed E-state index contributed by atoms with van der Waals surface area (Å²) in [7, 11) is 1.48. The number of nitrogens with zero attached hydrogens (tertiary/aromatic N) is 5. The van der Waals surface area contributed by atoms with Gasteiger partial charge in [0.05, 0.1) is 30.6 Å². The summed E-state index contributed by atoms with van der Waals surface area (Å²) < 4.78 is 7.07. The van der Waals surface area contributed by atoms with Crippen molar-refractivity contribution >= 4 is 11.8 Å². The lowest BCUT2D eigenvalue weighted by Crippen LogP contribution is -2.60. The molecule has 3 aliphatic rings. The molecule has 8 nitrogen and oxygen atoms in total. The molecule has 1 spiro atoms. The minimum atomic E-state index is -0.157. The lowest BCUT2D eigenvalue weighted by Gasteiger charge is -2.54. The predicted molar refractivity (Wildman–Crippen MR) is 157 cm³/mol. The maximum absolute atomic E-state index is 12.4. The first kappa shape index (κ1) is 27.0. The van der Waals surface area contributed by atoms with Crippen LogP contribution in [0.25, 0.3) is 5.69 Å². The molecular formula is C32H42N6O2. The summed E-state index contributed by atoms with van der Waals surface area (Å²) in [5.74, 6) is 1.02. The lowest BCUT2D eigenvalue weighted by molar-refractivity contribution is -0.141. The van der Waals surface area contributed by atoms with Gasteiger partial charge in [-0.3, -0.25) is 9.69 Å². The molecule has 0 radical (unpaired) electrons. The van der Waals surface area contributed by atoms with Crippen LogP contribution in [-0.4, -0.2) is 76.9 Å². The number of ether oxygens (including phenoxy) is 1. The van der Waals surface area contributed by atoms with E-state index in [4.69, 9.17) is 9.72 Å². The van der Waals surface area contributed by atoms with Crippen molar-refractivity contribution < 1.29 is 9.53 Å². The van der Waals surface area contributed by atoms with E-state index in [-0.39, 0.29) is 11.9 Å². The molecule has 1 aromatic carbocycles. The van der Waals surface area contributed by atoms with E-state index in [1.807, 2.05) is 11.6 Å². The van der Waals surface area contributed by atoms with Gasteiger partial charge < -0.3 is 15.0 Å². The van der Waals surface area contributed by atoms with Gasteiger partial charge in [-0.15, -0.1) is 0 Å². The Morgan fingerprint density at radius 2 is 1.93 bits per heavy atom. The van der Waals surface area contributed by atoms with Crippen LogP contribution in [-0.2, 0) is 22.5 Å². The highest BCUT2D eigenvalue weighted by atomic mass is 16.5. The van der Waals surface area contributed by atoms with Gasteiger partial charge in [-0.2, -0.15) is 5.10 Å². The number of pyridine rings is 1. The number of hydrogen-bond acceptors (Lipinski definition) is 7. The molecule has 2 saturated heterocycles. The number of aryl methyl sites for hydroxylation is 3. The smallest absolute Gasteiger partial charge is 0.306 e. The normalized spacial score (nSPS) is 19.5. The first-order valence-electron chi connectivity index (χ1n) is 14.8. The van der Waals surface area contributed by atoms with Crippen molar-refractivity contribution in [1.29, 1.82) is 0 Å². The number of hydrogen-bond donors (Lipinski definition) is 1. The van der Waals surface area contributed by atoms with Crippen molar-refractivity contribution in [3.63, 3.8) is 0 Å². The van der Waals surface area contributed by atoms with Crippen molar-refractivity contribution in [1.82, 2.24) is 24.6 Å². The van der Waals surface area contributed by atoms with Crippen LogP contribution in [0.5, 0.6) is 0 Å². The highest BCUT2D eigenvalue weighted by Crippen LogP contribution is 2.41. The number of esters is 1. The van der Waals surface area contributed by atoms with E-state index in [2.05, 4.69) is 69.6 Å². The fourth-order valence-corrected chi connectivity index (χ4v) is 6.91. The zero-order valence-corrected chi connectivity index (χ0v) is 24.2. The fraction of sp³-hybridized carbons (Fsp3) is 0.531. The second-order valence-corrected chi connectivity index (χ2v) is 12.2. The molecule has 40 heavy (non-hydrogen) atoms. The highest BCUT2D eigenvalue weighted by Gasteiger charge is 2.44. The standard InChI is InChI=1S/C32H42N6O2/c1-23-16-24(2)38(35-23)29-8-4-6-26(17-29)27(18-30(39)40-3)19-36-14-11-32(12-15-36)21-37(22-32)20-28-10-9-25-7-5-13-33-31(25)34-28/h4,6,8-10,16-17,27H,5,7,11-15,18-22H2,1-3H3,(H,33,34)/t27-/m1/s1. The average molecular weight is 543 g/mol. The predicted octanol–water partition coefficient (Wildman–Crippen LogP) is 4.49. The summed E-state index contributed by atoms with van der Waals surface area (Å²) in [5.41, 5.74) is 7.26. The van der Waals surface area contributed by atoms with E-state index >= 15 is 0 Å². The van der Waals surface area contributed by atoms with Crippen molar-refractivity contribution in [2.24, 2.45) is 5.41 Å². The van der Waals surface area contributed by atoms with Gasteiger partial charge in [-0.25, -0.2) is 9.67 Å². The number of benzene rings is 1. The van der Waals surface area contributed by atoms with Gasteiger partial charge in [0.15, 0.2) is 0 Å². The number of anilines is 1. The van der Waals surface area contributed by atoms with Gasteiger partial charge in [0.1, 0.15) is 5.82 Å². The lowest BCUT2D eigenvalue weighted by atomic mass is 9.71. The summed E-state index contributed by atoms with van der Waals surface area (Å²) in [6.07, 6.45) is 5.13. The zero-order chi connectivity index (χ0) is 27.7. The molecule has 0 aliphatic carbocycles. The number of piperidine rings is 1. The molecule has 212 valence electrons. The average Bonchev–Trinajstić information content (AvgIpc) is 3.30. The van der Waals surface area contributed by atoms with Gasteiger partial charge in [-0.05, 0) is 93.4 Å². The number of likely N-dealkylation sites (tertiary alicyclic amines) is 2. The van der Waals surface area contributed by atoms with Crippen LogP contribution in [0.2, 0.25) is 0 Å². The fourth-order valence-electron chi connectivity index (χ4n) is 6.91. The number of fused-ring (bicyclic) bond motifs is 1. The topological polar surface area (TPSA) is 75.5 Å². The van der Waals surface area contributed by atoms with Crippen LogP contribution in [0.15, 0.2) is 42.5 Å². The SMILES string of the molecule is COC(=O)C[C@H](CN1CCC2(CC1)CN(Cc1ccc3c(n1)NCCC3)C2)c1cccc(-n2nc(C)cc2C)c1. The van der Waals surface area contributed by atoms with E-state index in [1.54, 1.807) is 0 Å². The third-order valence-corrected chi connectivity index (χ3v) is 9.09. The number of carbonyl (C=O) groups is 1. The number of carbonyl (C=O) groups excluding carboxylic acids is 1. The molecule has 6 rings (SSSR count). The Morgan fingerprint density at radius 1 is 1.10 bits per heavy atom. The second kappa shape index (κ2) is 11.3. The van der Waals surface area contributed by atoms with Crippen LogP contribution in [0.4, 0.5) is 5.82 Å². The molecular weight excluding hydrogens is 500 g/mol. The van der Waals surface area contributed by atoms with Crippen LogP contribution in [0.1, 0.15) is 59.8 Å². The number of nitrogens with one attached hydrogen (secondary N) is 1. The number of rotatable bonds is 8. The molecule has 3 aromatic rings. The Morgan fingerprint density at radius 3 is 2.67 bits per heavy atom. The first-order valence-corrected chi connectivity index (χ1v) is 14.8. The summed E-state index contributed by atoms with van der Waals surface area (Å²) in [5, 5.41) is 8.12. The van der Waals surface area contributed by atoms with E-state index < -0.39 is 0 Å². The maximum atomic E-state index is 12.4. The van der Waals surface area contributed by atoms with E-state index in [1.165, 1.54) is 37.6 Å². The Bertz CT molecular complexity index is 1350. The largest absolute Gasteiger partial charge is 0.469 e. The molecule has 1 atom stereocenters. The monoisotopic (exact) mass is 542 g/mol. The number of aromatic nitrogens is 3. The first-order chi connectivity index (χ1) is 19.4. The Hall–Kier alpha value is -3.23. The van der Waals surface area contributed by atoms with Gasteiger partial charge in [0, 0.05) is 44.3 Å². The van der Waals surface area contributed by atoms with Gasteiger partial charge in [0.2, 0.25) is 0 Å². The summed E-state index contributed by atoms with van der Waals surface area (Å²) >= 11 is 0. The van der Waals surface area contributed by atoms with E-state index in [0.29, 0.717) is 11.8 Å². The molecule has 5 heterocycles. The Balaban J connectivity index is 1.06. The van der Waals surface area contributed by atoms with Crippen molar-refractivity contribution in [3.05, 3.63) is 70.7 Å². The number of methoxy groups -OCH3 is 1. The van der Waals surface area contributed by atoms with Gasteiger partial charge >= 0.3 is 5.97 Å². The molecule has 2 fully saturated rings. The minimum Gasteiger partial charge on any atom is -0.469 e. The highest BCUT2D eigenvalue weighted by molar-refractivity contribution is 5.70. The van der Waals surface area contributed by atoms with Crippen molar-refractivity contribution in [2.45, 2.75) is 58.4 Å². The van der Waals surface area contributed by atoms with Crippen LogP contribution >= 0.6 is 0 Å². The molecule has 0 bridgehead atoms. The molecule has 3 aliphatic heterocycles. The minimum absolute atomic E-state index is 0.0833. The Labute approximate surface area is 237 Å². The third kappa shape index (κ3) is 5.79. The molecule has 8 heteroatoms. The molecule has 1 N–H and O–H groups in total. The molecule has 0 amide bonds.